The maximum absolute atomic E-state index is 5.06. The fraction of sp³-hybridized carbons (Fsp3) is 0.217. The van der Waals surface area contributed by atoms with Crippen LogP contribution in [0, 0.1) is 6.92 Å². The molecule has 1 saturated heterocycles. The summed E-state index contributed by atoms with van der Waals surface area (Å²) in [7, 11) is 0. The number of fused-ring (bicyclic) bond motifs is 4. The van der Waals surface area contributed by atoms with Crippen LogP contribution in [0.4, 0.5) is 10.9 Å². The van der Waals surface area contributed by atoms with Crippen LogP contribution in [0.25, 0.3) is 26.8 Å². The summed E-state index contributed by atoms with van der Waals surface area (Å²) in [5.74, 6) is 1.04. The first-order chi connectivity index (χ1) is 15.3. The third-order valence-corrected chi connectivity index (χ3v) is 6.66. The van der Waals surface area contributed by atoms with Gasteiger partial charge >= 0.3 is 0 Å². The number of hydrogen-bond acceptors (Lipinski definition) is 7. The van der Waals surface area contributed by atoms with E-state index in [1.54, 1.807) is 17.6 Å². The number of anilines is 2. The molecule has 5 aromatic rings. The zero-order valence-corrected chi connectivity index (χ0v) is 17.9. The molecule has 0 aliphatic carbocycles. The van der Waals surface area contributed by atoms with Crippen LogP contribution in [-0.2, 0) is 0 Å². The molecule has 1 N–H and O–H groups in total. The molecule has 8 heteroatoms. The van der Waals surface area contributed by atoms with Crippen molar-refractivity contribution in [3.63, 3.8) is 0 Å². The number of aryl methyl sites for hydroxylation is 1. The average molecular weight is 428 g/mol. The fourth-order valence-electron chi connectivity index (χ4n) is 4.20. The van der Waals surface area contributed by atoms with Gasteiger partial charge in [-0.1, -0.05) is 35.6 Å². The first-order valence-electron chi connectivity index (χ1n) is 10.5. The topological polar surface area (TPSA) is 70.7 Å². The normalized spacial score (nSPS) is 14.5. The summed E-state index contributed by atoms with van der Waals surface area (Å²) in [5.41, 5.74) is 7.75. The Labute approximate surface area is 183 Å². The van der Waals surface area contributed by atoms with Crippen LogP contribution in [0.5, 0.6) is 0 Å². The number of aromatic nitrogens is 4. The van der Waals surface area contributed by atoms with Gasteiger partial charge in [0.1, 0.15) is 5.82 Å². The number of nitrogens with one attached hydrogen (secondary N) is 1. The van der Waals surface area contributed by atoms with Crippen LogP contribution in [0.1, 0.15) is 24.1 Å². The number of benzene rings is 2. The molecule has 0 saturated carbocycles. The summed E-state index contributed by atoms with van der Waals surface area (Å²) in [4.78, 5) is 12.0. The van der Waals surface area contributed by atoms with Crippen molar-refractivity contribution < 1.29 is 0 Å². The largest absolute Gasteiger partial charge is 0.356 e. The molecule has 1 aliphatic heterocycles. The molecule has 0 radical (unpaired) electrons. The Morgan fingerprint density at radius 2 is 1.84 bits per heavy atom. The summed E-state index contributed by atoms with van der Waals surface area (Å²) in [6, 6.07) is 16.4. The Morgan fingerprint density at radius 3 is 2.71 bits per heavy atom. The zero-order valence-electron chi connectivity index (χ0n) is 17.1. The minimum absolute atomic E-state index is 0.766. The fourth-order valence-corrected chi connectivity index (χ4v) is 5.02. The predicted molar refractivity (Wildman–Crippen MR) is 128 cm³/mol. The lowest BCUT2D eigenvalue weighted by atomic mass is 10.2. The van der Waals surface area contributed by atoms with Gasteiger partial charge in [-0.15, -0.1) is 0 Å². The number of hydrazone groups is 1. The monoisotopic (exact) mass is 427 g/mol. The van der Waals surface area contributed by atoms with Crippen LogP contribution >= 0.6 is 11.3 Å². The summed E-state index contributed by atoms with van der Waals surface area (Å²) < 4.78 is 3.07. The van der Waals surface area contributed by atoms with E-state index in [1.165, 1.54) is 12.8 Å². The SMILES string of the molecule is Cc1nn2c(nc(N3CCCC3)c3ccccc32)c1/C=N/Nc1nc2ccccc2s1. The van der Waals surface area contributed by atoms with Gasteiger partial charge in [0.05, 0.1) is 33.2 Å². The first kappa shape index (κ1) is 18.3. The molecule has 6 rings (SSSR count). The van der Waals surface area contributed by atoms with Crippen LogP contribution in [0.3, 0.4) is 0 Å². The lowest BCUT2D eigenvalue weighted by Gasteiger charge is -2.19. The summed E-state index contributed by atoms with van der Waals surface area (Å²) >= 11 is 1.58. The van der Waals surface area contributed by atoms with Crippen molar-refractivity contribution in [2.24, 2.45) is 5.10 Å². The van der Waals surface area contributed by atoms with Crippen molar-refractivity contribution in [3.8, 4) is 0 Å². The second kappa shape index (κ2) is 7.31. The number of nitrogens with zero attached hydrogens (tertiary/aromatic N) is 6. The molecule has 2 aromatic carbocycles. The maximum atomic E-state index is 5.06. The third kappa shape index (κ3) is 3.11. The van der Waals surface area contributed by atoms with E-state index in [1.807, 2.05) is 29.6 Å². The molecular formula is C23H21N7S. The first-order valence-corrected chi connectivity index (χ1v) is 11.3. The minimum Gasteiger partial charge on any atom is -0.356 e. The standard InChI is InChI=1S/C23H21N7S/c1-15-17(14-24-27-23-25-18-9-3-5-11-20(18)31-23)22-26-21(29-12-6-7-13-29)16-8-2-4-10-19(16)30(22)28-15/h2-5,8-11,14H,6-7,12-13H2,1H3,(H,25,27)/b24-14+. The lowest BCUT2D eigenvalue weighted by molar-refractivity contribution is 0.920. The van der Waals surface area contributed by atoms with Gasteiger partial charge in [-0.05, 0) is 44.0 Å². The van der Waals surface area contributed by atoms with Crippen molar-refractivity contribution in [2.45, 2.75) is 19.8 Å². The molecule has 0 unspecified atom stereocenters. The third-order valence-electron chi connectivity index (χ3n) is 5.72. The van der Waals surface area contributed by atoms with Crippen molar-refractivity contribution in [1.82, 2.24) is 19.6 Å². The molecule has 0 atom stereocenters. The van der Waals surface area contributed by atoms with Crippen LogP contribution in [0.15, 0.2) is 53.6 Å². The van der Waals surface area contributed by atoms with E-state index in [2.05, 4.69) is 50.7 Å². The highest BCUT2D eigenvalue weighted by Crippen LogP contribution is 2.30. The second-order valence-electron chi connectivity index (χ2n) is 7.74. The number of hydrogen-bond donors (Lipinski definition) is 1. The van der Waals surface area contributed by atoms with Gasteiger partial charge in [-0.3, -0.25) is 5.43 Å². The van der Waals surface area contributed by atoms with E-state index in [0.717, 1.165) is 62.1 Å². The smallest absolute Gasteiger partial charge is 0.204 e. The van der Waals surface area contributed by atoms with Gasteiger partial charge in [0.2, 0.25) is 5.13 Å². The van der Waals surface area contributed by atoms with E-state index in [0.29, 0.717) is 0 Å². The van der Waals surface area contributed by atoms with Crippen LogP contribution in [0.2, 0.25) is 0 Å². The van der Waals surface area contributed by atoms with Gasteiger partial charge in [-0.25, -0.2) is 14.5 Å². The molecule has 0 amide bonds. The average Bonchev–Trinajstić information content (AvgIpc) is 3.52. The highest BCUT2D eigenvalue weighted by atomic mass is 32.1. The highest BCUT2D eigenvalue weighted by Gasteiger charge is 2.20. The molecular weight excluding hydrogens is 406 g/mol. The number of para-hydroxylation sites is 2. The zero-order chi connectivity index (χ0) is 20.8. The minimum atomic E-state index is 0.766. The quantitative estimate of drug-likeness (QED) is 0.328. The van der Waals surface area contributed by atoms with E-state index in [4.69, 9.17) is 10.1 Å². The van der Waals surface area contributed by atoms with E-state index >= 15 is 0 Å². The molecule has 1 aliphatic rings. The molecule has 4 heterocycles. The van der Waals surface area contributed by atoms with Crippen molar-refractivity contribution >= 4 is 55.3 Å². The Balaban J connectivity index is 1.42. The van der Waals surface area contributed by atoms with Gasteiger partial charge in [-0.2, -0.15) is 10.2 Å². The molecule has 31 heavy (non-hydrogen) atoms. The van der Waals surface area contributed by atoms with Gasteiger partial charge in [0.25, 0.3) is 0 Å². The lowest BCUT2D eigenvalue weighted by Crippen LogP contribution is -2.20. The molecule has 0 spiro atoms. The summed E-state index contributed by atoms with van der Waals surface area (Å²) in [6.45, 7) is 4.09. The summed E-state index contributed by atoms with van der Waals surface area (Å²) in [5, 5.41) is 11.1. The Morgan fingerprint density at radius 1 is 1.03 bits per heavy atom. The molecule has 154 valence electrons. The molecule has 0 bridgehead atoms. The Hall–Kier alpha value is -3.52. The number of thiazole rings is 1. The molecule has 7 nitrogen and oxygen atoms in total. The Kier molecular flexibility index (Phi) is 4.31. The highest BCUT2D eigenvalue weighted by molar-refractivity contribution is 7.22. The van der Waals surface area contributed by atoms with Crippen molar-refractivity contribution in [3.05, 3.63) is 59.8 Å². The maximum Gasteiger partial charge on any atom is 0.204 e. The molecule has 3 aromatic heterocycles. The van der Waals surface area contributed by atoms with Crippen LogP contribution in [-0.4, -0.2) is 38.9 Å². The van der Waals surface area contributed by atoms with Crippen molar-refractivity contribution in [1.29, 1.82) is 0 Å². The van der Waals surface area contributed by atoms with E-state index < -0.39 is 0 Å². The second-order valence-corrected chi connectivity index (χ2v) is 8.77. The van der Waals surface area contributed by atoms with E-state index in [9.17, 15) is 0 Å². The van der Waals surface area contributed by atoms with Gasteiger partial charge in [0, 0.05) is 18.5 Å². The molecule has 1 fully saturated rings. The number of rotatable bonds is 4. The van der Waals surface area contributed by atoms with Gasteiger partial charge < -0.3 is 4.90 Å². The predicted octanol–water partition coefficient (Wildman–Crippen LogP) is 4.85. The Bertz CT molecular complexity index is 1410. The van der Waals surface area contributed by atoms with Gasteiger partial charge in [0.15, 0.2) is 5.65 Å². The van der Waals surface area contributed by atoms with E-state index in [-0.39, 0.29) is 0 Å². The van der Waals surface area contributed by atoms with Crippen LogP contribution < -0.4 is 10.3 Å². The van der Waals surface area contributed by atoms with Crippen molar-refractivity contribution in [2.75, 3.05) is 23.4 Å². The summed E-state index contributed by atoms with van der Waals surface area (Å²) in [6.07, 6.45) is 4.22.